The van der Waals surface area contributed by atoms with Gasteiger partial charge in [-0.3, -0.25) is 10.1 Å². The van der Waals surface area contributed by atoms with E-state index in [1.165, 1.54) is 41.6 Å². The molecule has 2 N–H and O–H groups in total. The molecule has 0 aliphatic carbocycles. The van der Waals surface area contributed by atoms with Crippen LogP contribution in [-0.2, 0) is 4.79 Å². The highest BCUT2D eigenvalue weighted by atomic mass is 32.2. The number of amides is 3. The van der Waals surface area contributed by atoms with E-state index >= 15 is 0 Å². The van der Waals surface area contributed by atoms with Crippen LogP contribution in [-0.4, -0.2) is 34.2 Å². The Bertz CT molecular complexity index is 944. The van der Waals surface area contributed by atoms with Gasteiger partial charge in [-0.1, -0.05) is 23.9 Å². The van der Waals surface area contributed by atoms with E-state index in [-0.39, 0.29) is 11.6 Å². The Morgan fingerprint density at radius 2 is 2.00 bits per heavy atom. The van der Waals surface area contributed by atoms with Gasteiger partial charge in [0.25, 0.3) is 0 Å². The number of thiophene rings is 1. The standard InChI is InChI=1S/C17H15FN4O2S2/c1-2-19-17(24)22-13(23)8-26-16-14-12(7-25-15(14)20-9-21-16)10-3-5-11(18)6-4-10/h3-7,9H,2,8H2,1H3,(H2,19,22,23,24). The number of rotatable bonds is 5. The number of hydrogen-bond donors (Lipinski definition) is 2. The molecule has 134 valence electrons. The molecule has 0 aliphatic rings. The highest BCUT2D eigenvalue weighted by Crippen LogP contribution is 2.37. The van der Waals surface area contributed by atoms with E-state index in [2.05, 4.69) is 20.6 Å². The molecule has 9 heteroatoms. The van der Waals surface area contributed by atoms with Gasteiger partial charge in [-0.15, -0.1) is 11.3 Å². The van der Waals surface area contributed by atoms with Crippen LogP contribution in [0, 0.1) is 5.82 Å². The molecule has 1 aromatic carbocycles. The molecule has 0 bridgehead atoms. The first-order chi connectivity index (χ1) is 12.6. The molecule has 0 saturated heterocycles. The van der Waals surface area contributed by atoms with Crippen LogP contribution in [0.3, 0.4) is 0 Å². The maximum atomic E-state index is 13.2. The molecule has 2 aromatic heterocycles. The predicted octanol–water partition coefficient (Wildman–Crippen LogP) is 3.44. The van der Waals surface area contributed by atoms with Gasteiger partial charge >= 0.3 is 6.03 Å². The second-order valence-corrected chi connectivity index (χ2v) is 7.03. The zero-order chi connectivity index (χ0) is 18.5. The van der Waals surface area contributed by atoms with Crippen molar-refractivity contribution in [3.8, 4) is 11.1 Å². The maximum Gasteiger partial charge on any atom is 0.321 e. The molecular formula is C17H15FN4O2S2. The number of fused-ring (bicyclic) bond motifs is 1. The molecule has 26 heavy (non-hydrogen) atoms. The van der Waals surface area contributed by atoms with E-state index in [9.17, 15) is 14.0 Å². The third kappa shape index (κ3) is 4.17. The van der Waals surface area contributed by atoms with Crippen molar-refractivity contribution in [2.75, 3.05) is 12.3 Å². The summed E-state index contributed by atoms with van der Waals surface area (Å²) in [5.41, 5.74) is 1.73. The van der Waals surface area contributed by atoms with Gasteiger partial charge in [-0.25, -0.2) is 19.2 Å². The molecule has 0 saturated carbocycles. The number of thioether (sulfide) groups is 1. The topological polar surface area (TPSA) is 84.0 Å². The predicted molar refractivity (Wildman–Crippen MR) is 101 cm³/mol. The molecule has 0 aliphatic heterocycles. The van der Waals surface area contributed by atoms with Crippen molar-refractivity contribution in [1.29, 1.82) is 0 Å². The lowest BCUT2D eigenvalue weighted by atomic mass is 10.1. The molecule has 2 heterocycles. The molecule has 0 fully saturated rings. The molecule has 6 nitrogen and oxygen atoms in total. The van der Waals surface area contributed by atoms with Crippen LogP contribution in [0.4, 0.5) is 9.18 Å². The Morgan fingerprint density at radius 3 is 2.73 bits per heavy atom. The lowest BCUT2D eigenvalue weighted by molar-refractivity contribution is -0.117. The minimum absolute atomic E-state index is 0.0436. The highest BCUT2D eigenvalue weighted by molar-refractivity contribution is 8.00. The molecule has 3 amide bonds. The van der Waals surface area contributed by atoms with Gasteiger partial charge in [0, 0.05) is 17.5 Å². The Hall–Kier alpha value is -2.52. The zero-order valence-corrected chi connectivity index (χ0v) is 15.4. The Labute approximate surface area is 157 Å². The van der Waals surface area contributed by atoms with Gasteiger partial charge in [-0.2, -0.15) is 0 Å². The zero-order valence-electron chi connectivity index (χ0n) is 13.8. The Morgan fingerprint density at radius 1 is 1.23 bits per heavy atom. The average molecular weight is 390 g/mol. The molecule has 0 radical (unpaired) electrons. The first kappa shape index (κ1) is 18.3. The van der Waals surface area contributed by atoms with Crippen molar-refractivity contribution in [1.82, 2.24) is 20.6 Å². The number of nitrogens with one attached hydrogen (secondary N) is 2. The van der Waals surface area contributed by atoms with Gasteiger partial charge in [0.05, 0.1) is 11.1 Å². The summed E-state index contributed by atoms with van der Waals surface area (Å²) in [5, 5.41) is 8.15. The van der Waals surface area contributed by atoms with Crippen LogP contribution >= 0.6 is 23.1 Å². The highest BCUT2D eigenvalue weighted by Gasteiger charge is 2.15. The Balaban J connectivity index is 1.83. The fourth-order valence-electron chi connectivity index (χ4n) is 2.30. The number of benzene rings is 1. The third-order valence-electron chi connectivity index (χ3n) is 3.42. The lowest BCUT2D eigenvalue weighted by Crippen LogP contribution is -2.40. The summed E-state index contributed by atoms with van der Waals surface area (Å²) < 4.78 is 13.2. The van der Waals surface area contributed by atoms with Crippen molar-refractivity contribution < 1.29 is 14.0 Å². The largest absolute Gasteiger partial charge is 0.338 e. The second kappa shape index (κ2) is 8.24. The SMILES string of the molecule is CCNC(=O)NC(=O)CSc1ncnc2scc(-c3ccc(F)cc3)c12. The van der Waals surface area contributed by atoms with Gasteiger partial charge in [0.2, 0.25) is 5.91 Å². The van der Waals surface area contributed by atoms with E-state index in [1.807, 2.05) is 5.38 Å². The molecule has 3 aromatic rings. The lowest BCUT2D eigenvalue weighted by Gasteiger charge is -2.06. The number of carbonyl (C=O) groups excluding carboxylic acids is 2. The van der Waals surface area contributed by atoms with Gasteiger partial charge in [0.1, 0.15) is 22.0 Å². The number of hydrogen-bond acceptors (Lipinski definition) is 6. The smallest absolute Gasteiger partial charge is 0.321 e. The summed E-state index contributed by atoms with van der Waals surface area (Å²) in [5.74, 6) is -0.672. The van der Waals surface area contributed by atoms with Crippen LogP contribution in [0.2, 0.25) is 0 Å². The van der Waals surface area contributed by atoms with E-state index in [0.29, 0.717) is 11.6 Å². The summed E-state index contributed by atoms with van der Waals surface area (Å²) in [6.45, 7) is 2.21. The van der Waals surface area contributed by atoms with Gasteiger partial charge in [-0.05, 0) is 24.6 Å². The molecule has 0 atom stereocenters. The number of nitrogens with zero attached hydrogens (tertiary/aromatic N) is 2. The van der Waals surface area contributed by atoms with Crippen LogP contribution < -0.4 is 10.6 Å². The Kier molecular flexibility index (Phi) is 5.79. The number of carbonyl (C=O) groups is 2. The fraction of sp³-hybridized carbons (Fsp3) is 0.176. The van der Waals surface area contributed by atoms with E-state index in [4.69, 9.17) is 0 Å². The van der Waals surface area contributed by atoms with Crippen LogP contribution in [0.1, 0.15) is 6.92 Å². The van der Waals surface area contributed by atoms with Crippen molar-refractivity contribution in [2.45, 2.75) is 11.9 Å². The molecule has 0 unspecified atom stereocenters. The number of halogens is 1. The number of imide groups is 1. The summed E-state index contributed by atoms with van der Waals surface area (Å²) >= 11 is 2.68. The first-order valence-corrected chi connectivity index (χ1v) is 9.63. The monoisotopic (exact) mass is 390 g/mol. The van der Waals surface area contributed by atoms with E-state index in [1.54, 1.807) is 19.1 Å². The van der Waals surface area contributed by atoms with Crippen molar-refractivity contribution >= 4 is 45.3 Å². The second-order valence-electron chi connectivity index (χ2n) is 5.21. The van der Waals surface area contributed by atoms with Gasteiger partial charge < -0.3 is 5.32 Å². The quantitative estimate of drug-likeness (QED) is 0.515. The average Bonchev–Trinajstić information content (AvgIpc) is 3.05. The van der Waals surface area contributed by atoms with Crippen molar-refractivity contribution in [2.24, 2.45) is 0 Å². The van der Waals surface area contributed by atoms with E-state index in [0.717, 1.165) is 21.3 Å². The summed E-state index contributed by atoms with van der Waals surface area (Å²) in [4.78, 5) is 32.6. The molecule has 3 rings (SSSR count). The van der Waals surface area contributed by atoms with E-state index < -0.39 is 11.9 Å². The maximum absolute atomic E-state index is 13.2. The van der Waals surface area contributed by atoms with Gasteiger partial charge in [0.15, 0.2) is 0 Å². The minimum atomic E-state index is -0.520. The summed E-state index contributed by atoms with van der Waals surface area (Å²) in [7, 11) is 0. The summed E-state index contributed by atoms with van der Waals surface area (Å²) in [6.07, 6.45) is 1.44. The number of aromatic nitrogens is 2. The van der Waals surface area contributed by atoms with Crippen LogP contribution in [0.5, 0.6) is 0 Å². The normalized spacial score (nSPS) is 10.7. The minimum Gasteiger partial charge on any atom is -0.338 e. The van der Waals surface area contributed by atoms with Crippen molar-refractivity contribution in [3.63, 3.8) is 0 Å². The van der Waals surface area contributed by atoms with Crippen LogP contribution in [0.15, 0.2) is 41.0 Å². The molecular weight excluding hydrogens is 375 g/mol. The number of urea groups is 1. The summed E-state index contributed by atoms with van der Waals surface area (Å²) in [6, 6.07) is 5.67. The first-order valence-electron chi connectivity index (χ1n) is 7.77. The third-order valence-corrected chi connectivity index (χ3v) is 5.30. The fourth-order valence-corrected chi connectivity index (χ4v) is 4.09. The van der Waals surface area contributed by atoms with Crippen molar-refractivity contribution in [3.05, 3.63) is 41.8 Å². The molecule has 0 spiro atoms. The van der Waals surface area contributed by atoms with Crippen LogP contribution in [0.25, 0.3) is 21.3 Å².